The molecule has 2 nitrogen and oxygen atoms in total. The third kappa shape index (κ3) is 1.82. The van der Waals surface area contributed by atoms with E-state index in [1.54, 1.807) is 0 Å². The molecule has 15 heavy (non-hydrogen) atoms. The number of ether oxygens (including phenoxy) is 1. The van der Waals surface area contributed by atoms with Gasteiger partial charge in [0, 0.05) is 5.56 Å². The highest BCUT2D eigenvalue weighted by atomic mass is 35.5. The van der Waals surface area contributed by atoms with Crippen molar-refractivity contribution in [2.45, 2.75) is 26.0 Å². The summed E-state index contributed by atoms with van der Waals surface area (Å²) in [7, 11) is 0. The average Bonchev–Trinajstić information content (AvgIpc) is 2.46. The second-order valence-corrected chi connectivity index (χ2v) is 4.07. The molecule has 0 spiro atoms. The molecule has 1 aliphatic rings. The Bertz CT molecular complexity index is 383. The van der Waals surface area contributed by atoms with Crippen molar-refractivity contribution in [2.75, 3.05) is 6.54 Å². The minimum atomic E-state index is -0.320. The largest absolute Gasteiger partial charge is 0.487 e. The zero-order valence-corrected chi connectivity index (χ0v) is 9.44. The van der Waals surface area contributed by atoms with Crippen molar-refractivity contribution >= 4 is 11.6 Å². The van der Waals surface area contributed by atoms with E-state index in [0.717, 1.165) is 12.1 Å². The van der Waals surface area contributed by atoms with Crippen molar-refractivity contribution in [3.05, 3.63) is 28.5 Å². The second-order valence-electron chi connectivity index (χ2n) is 3.66. The zero-order valence-electron chi connectivity index (χ0n) is 8.68. The molecule has 0 saturated carbocycles. The number of nitrogens with one attached hydrogen (secondary N) is 1. The van der Waals surface area contributed by atoms with Crippen molar-refractivity contribution in [1.29, 1.82) is 0 Å². The fourth-order valence-corrected chi connectivity index (χ4v) is 2.20. The number of fused-ring (bicyclic) bond motifs is 1. The third-order valence-corrected chi connectivity index (χ3v) is 2.85. The minimum Gasteiger partial charge on any atom is -0.487 e. The summed E-state index contributed by atoms with van der Waals surface area (Å²) in [5.74, 6) is 0.288. The zero-order chi connectivity index (χ0) is 11.0. The maximum Gasteiger partial charge on any atom is 0.143 e. The number of hydrogen-bond acceptors (Lipinski definition) is 2. The van der Waals surface area contributed by atoms with Crippen LogP contribution in [0.15, 0.2) is 12.1 Å². The van der Waals surface area contributed by atoms with Gasteiger partial charge in [-0.25, -0.2) is 4.39 Å². The number of hydrogen-bond donors (Lipinski definition) is 1. The van der Waals surface area contributed by atoms with Crippen LogP contribution in [0.1, 0.15) is 25.5 Å². The molecule has 82 valence electrons. The topological polar surface area (TPSA) is 21.3 Å². The van der Waals surface area contributed by atoms with E-state index in [0.29, 0.717) is 10.8 Å². The molecule has 1 aromatic carbocycles. The third-order valence-electron chi connectivity index (χ3n) is 2.57. The molecular weight excluding hydrogens is 217 g/mol. The van der Waals surface area contributed by atoms with Crippen LogP contribution in [0, 0.1) is 5.82 Å². The van der Waals surface area contributed by atoms with Gasteiger partial charge in [-0.1, -0.05) is 18.5 Å². The molecule has 0 aromatic heterocycles. The summed E-state index contributed by atoms with van der Waals surface area (Å²) in [6.45, 7) is 4.76. The first-order chi connectivity index (χ1) is 7.13. The Balaban J connectivity index is 2.43. The van der Waals surface area contributed by atoms with E-state index in [1.807, 2.05) is 13.8 Å². The van der Waals surface area contributed by atoms with Gasteiger partial charge in [0.2, 0.25) is 0 Å². The van der Waals surface area contributed by atoms with E-state index in [-0.39, 0.29) is 18.0 Å². The van der Waals surface area contributed by atoms with Crippen LogP contribution < -0.4 is 10.1 Å². The van der Waals surface area contributed by atoms with Crippen molar-refractivity contribution in [1.82, 2.24) is 5.32 Å². The van der Waals surface area contributed by atoms with Crippen molar-refractivity contribution in [3.8, 4) is 5.75 Å². The maximum absolute atomic E-state index is 13.2. The maximum atomic E-state index is 13.2. The van der Waals surface area contributed by atoms with E-state index in [9.17, 15) is 4.39 Å². The molecule has 2 unspecified atom stereocenters. The summed E-state index contributed by atoms with van der Waals surface area (Å²) in [5, 5.41) is 3.60. The normalized spacial score (nSPS) is 23.7. The van der Waals surface area contributed by atoms with E-state index in [2.05, 4.69) is 5.32 Å². The SMILES string of the molecule is CCNC1c2cc(F)cc(Cl)c2OC1C. The van der Waals surface area contributed by atoms with Crippen LogP contribution in [0.3, 0.4) is 0 Å². The van der Waals surface area contributed by atoms with E-state index < -0.39 is 0 Å². The molecule has 0 aliphatic carbocycles. The fraction of sp³-hybridized carbons (Fsp3) is 0.455. The van der Waals surface area contributed by atoms with Crippen LogP contribution in [0.4, 0.5) is 4.39 Å². The Morgan fingerprint density at radius 3 is 2.93 bits per heavy atom. The molecule has 2 atom stereocenters. The second kappa shape index (κ2) is 3.99. The molecule has 2 rings (SSSR count). The summed E-state index contributed by atoms with van der Waals surface area (Å²) >= 11 is 5.91. The Hall–Kier alpha value is -0.800. The summed E-state index contributed by atoms with van der Waals surface area (Å²) in [6.07, 6.45) is -0.0146. The Labute approximate surface area is 93.4 Å². The van der Waals surface area contributed by atoms with Crippen LogP contribution in [0.2, 0.25) is 5.02 Å². The minimum absolute atomic E-state index is 0.0146. The standard InChI is InChI=1S/C11H13ClFNO/c1-3-14-10-6(2)15-11-8(10)4-7(13)5-9(11)12/h4-6,10,14H,3H2,1-2H3. The summed E-state index contributed by atoms with van der Waals surface area (Å²) in [4.78, 5) is 0. The van der Waals surface area contributed by atoms with Crippen molar-refractivity contribution in [3.63, 3.8) is 0 Å². The smallest absolute Gasteiger partial charge is 0.143 e. The highest BCUT2D eigenvalue weighted by Crippen LogP contribution is 2.41. The number of halogens is 2. The van der Waals surface area contributed by atoms with E-state index in [4.69, 9.17) is 16.3 Å². The predicted molar refractivity (Wildman–Crippen MR) is 57.9 cm³/mol. The van der Waals surface area contributed by atoms with Gasteiger partial charge in [-0.3, -0.25) is 0 Å². The summed E-state index contributed by atoms with van der Waals surface area (Å²) in [5.41, 5.74) is 0.814. The van der Waals surface area contributed by atoms with Gasteiger partial charge in [-0.15, -0.1) is 0 Å². The van der Waals surface area contributed by atoms with Gasteiger partial charge in [-0.2, -0.15) is 0 Å². The van der Waals surface area contributed by atoms with Gasteiger partial charge >= 0.3 is 0 Å². The van der Waals surface area contributed by atoms with E-state index in [1.165, 1.54) is 12.1 Å². The lowest BCUT2D eigenvalue weighted by molar-refractivity contribution is 0.211. The lowest BCUT2D eigenvalue weighted by Gasteiger charge is -2.14. The molecule has 1 heterocycles. The number of benzene rings is 1. The van der Waals surface area contributed by atoms with Gasteiger partial charge in [-0.05, 0) is 25.6 Å². The van der Waals surface area contributed by atoms with Crippen LogP contribution in [-0.4, -0.2) is 12.6 Å². The molecule has 0 fully saturated rings. The fourth-order valence-electron chi connectivity index (χ4n) is 1.94. The molecule has 4 heteroatoms. The molecule has 0 radical (unpaired) electrons. The first-order valence-electron chi connectivity index (χ1n) is 5.02. The Morgan fingerprint density at radius 1 is 1.53 bits per heavy atom. The number of likely N-dealkylation sites (N-methyl/N-ethyl adjacent to an activating group) is 1. The van der Waals surface area contributed by atoms with Gasteiger partial charge in [0.1, 0.15) is 17.7 Å². The first kappa shape index (κ1) is 10.7. The van der Waals surface area contributed by atoms with Gasteiger partial charge in [0.05, 0.1) is 11.1 Å². The molecule has 1 aliphatic heterocycles. The summed E-state index contributed by atoms with van der Waals surface area (Å²) < 4.78 is 18.8. The molecule has 1 aromatic rings. The molecular formula is C11H13ClFNO. The highest BCUT2D eigenvalue weighted by Gasteiger charge is 2.32. The molecule has 0 amide bonds. The van der Waals surface area contributed by atoms with Crippen molar-refractivity contribution < 1.29 is 9.13 Å². The quantitative estimate of drug-likeness (QED) is 0.842. The average molecular weight is 230 g/mol. The van der Waals surface area contributed by atoms with Crippen molar-refractivity contribution in [2.24, 2.45) is 0 Å². The van der Waals surface area contributed by atoms with Crippen LogP contribution in [-0.2, 0) is 0 Å². The Kier molecular flexibility index (Phi) is 2.85. The Morgan fingerprint density at radius 2 is 2.27 bits per heavy atom. The van der Waals surface area contributed by atoms with E-state index >= 15 is 0 Å². The predicted octanol–water partition coefficient (Wildman–Crippen LogP) is 2.91. The van der Waals surface area contributed by atoms with Crippen LogP contribution in [0.5, 0.6) is 5.75 Å². The molecule has 0 saturated heterocycles. The molecule has 1 N–H and O–H groups in total. The first-order valence-corrected chi connectivity index (χ1v) is 5.40. The van der Waals surface area contributed by atoms with Gasteiger partial charge in [0.15, 0.2) is 0 Å². The molecule has 0 bridgehead atoms. The number of rotatable bonds is 2. The van der Waals surface area contributed by atoms with Gasteiger partial charge in [0.25, 0.3) is 0 Å². The van der Waals surface area contributed by atoms with Gasteiger partial charge < -0.3 is 10.1 Å². The highest BCUT2D eigenvalue weighted by molar-refractivity contribution is 6.32. The van der Waals surface area contributed by atoms with Crippen LogP contribution in [0.25, 0.3) is 0 Å². The monoisotopic (exact) mass is 229 g/mol. The van der Waals surface area contributed by atoms with Crippen LogP contribution >= 0.6 is 11.6 Å². The lowest BCUT2D eigenvalue weighted by atomic mass is 10.0. The summed E-state index contributed by atoms with van der Waals surface area (Å²) in [6, 6.07) is 2.79. The lowest BCUT2D eigenvalue weighted by Crippen LogP contribution is -2.28.